The van der Waals surface area contributed by atoms with E-state index in [1.165, 1.54) is 0 Å². The lowest BCUT2D eigenvalue weighted by molar-refractivity contribution is -0.128. The highest BCUT2D eigenvalue weighted by atomic mass is 19.4. The lowest BCUT2D eigenvalue weighted by Crippen LogP contribution is -2.15. The minimum absolute atomic E-state index is 0.117. The Labute approximate surface area is 84.5 Å². The average Bonchev–Trinajstić information content (AvgIpc) is 2.80. The standard InChI is InChI=1S/C9H10F3N3/c10-9(11,12)4-8-14-6(5-1-2-5)3-7(13)15-8/h3,5H,1-2,4H2,(H2,13,14,15). The molecule has 1 aliphatic rings. The number of hydrogen-bond acceptors (Lipinski definition) is 3. The molecule has 0 saturated heterocycles. The Hall–Kier alpha value is -1.33. The van der Waals surface area contributed by atoms with Crippen molar-refractivity contribution in [1.29, 1.82) is 0 Å². The number of hydrogen-bond donors (Lipinski definition) is 1. The number of nitrogen functional groups attached to an aromatic ring is 1. The van der Waals surface area contributed by atoms with Gasteiger partial charge >= 0.3 is 6.18 Å². The first-order valence-corrected chi connectivity index (χ1v) is 4.64. The zero-order valence-corrected chi connectivity index (χ0v) is 7.88. The summed E-state index contributed by atoms with van der Waals surface area (Å²) >= 11 is 0. The van der Waals surface area contributed by atoms with Crippen molar-refractivity contribution in [3.63, 3.8) is 0 Å². The summed E-state index contributed by atoms with van der Waals surface area (Å²) in [6.45, 7) is 0. The van der Waals surface area contributed by atoms with Gasteiger partial charge in [-0.05, 0) is 12.8 Å². The molecule has 82 valence electrons. The molecule has 0 spiro atoms. The van der Waals surface area contributed by atoms with Gasteiger partial charge in [0.25, 0.3) is 0 Å². The largest absolute Gasteiger partial charge is 0.396 e. The van der Waals surface area contributed by atoms with Crippen molar-refractivity contribution in [3.8, 4) is 0 Å². The molecule has 6 heteroatoms. The van der Waals surface area contributed by atoms with Gasteiger partial charge in [0.05, 0.1) is 0 Å². The van der Waals surface area contributed by atoms with Gasteiger partial charge in [0, 0.05) is 17.7 Å². The van der Waals surface area contributed by atoms with Crippen molar-refractivity contribution in [1.82, 2.24) is 9.97 Å². The second kappa shape index (κ2) is 3.36. The minimum Gasteiger partial charge on any atom is -0.384 e. The van der Waals surface area contributed by atoms with Crippen LogP contribution in [0.3, 0.4) is 0 Å². The van der Waals surface area contributed by atoms with Gasteiger partial charge in [-0.2, -0.15) is 13.2 Å². The Balaban J connectivity index is 2.23. The van der Waals surface area contributed by atoms with E-state index >= 15 is 0 Å². The van der Waals surface area contributed by atoms with Crippen molar-refractivity contribution < 1.29 is 13.2 Å². The van der Waals surface area contributed by atoms with Crippen LogP contribution >= 0.6 is 0 Å². The first kappa shape index (κ1) is 10.2. The molecular formula is C9H10F3N3. The maximum absolute atomic E-state index is 12.1. The number of anilines is 1. The molecule has 3 nitrogen and oxygen atoms in total. The van der Waals surface area contributed by atoms with Gasteiger partial charge < -0.3 is 5.73 Å². The molecule has 1 aromatic heterocycles. The number of rotatable bonds is 2. The molecular weight excluding hydrogens is 207 g/mol. The van der Waals surface area contributed by atoms with Crippen LogP contribution in [0.2, 0.25) is 0 Å². The van der Waals surface area contributed by atoms with E-state index in [9.17, 15) is 13.2 Å². The summed E-state index contributed by atoms with van der Waals surface area (Å²) in [5.74, 6) is 0.165. The molecule has 1 heterocycles. The van der Waals surface area contributed by atoms with Gasteiger partial charge in [-0.1, -0.05) is 0 Å². The summed E-state index contributed by atoms with van der Waals surface area (Å²) < 4.78 is 36.3. The fourth-order valence-corrected chi connectivity index (χ4v) is 1.39. The predicted octanol–water partition coefficient (Wildman–Crippen LogP) is 2.04. The van der Waals surface area contributed by atoms with Gasteiger partial charge in [0.2, 0.25) is 0 Å². The zero-order valence-electron chi connectivity index (χ0n) is 7.88. The quantitative estimate of drug-likeness (QED) is 0.824. The molecule has 0 aliphatic heterocycles. The van der Waals surface area contributed by atoms with E-state index in [4.69, 9.17) is 5.73 Å². The lowest BCUT2D eigenvalue weighted by Gasteiger charge is -2.07. The first-order chi connectivity index (χ1) is 6.94. The van der Waals surface area contributed by atoms with Crippen LogP contribution in [0.4, 0.5) is 19.0 Å². The van der Waals surface area contributed by atoms with Crippen LogP contribution in [0.5, 0.6) is 0 Å². The summed E-state index contributed by atoms with van der Waals surface area (Å²) in [6, 6.07) is 1.55. The number of aromatic nitrogens is 2. The Morgan fingerprint density at radius 1 is 1.33 bits per heavy atom. The van der Waals surface area contributed by atoms with E-state index in [0.29, 0.717) is 5.69 Å². The molecule has 0 aromatic carbocycles. The van der Waals surface area contributed by atoms with E-state index in [-0.39, 0.29) is 17.6 Å². The fourth-order valence-electron chi connectivity index (χ4n) is 1.39. The second-order valence-electron chi connectivity index (χ2n) is 3.70. The zero-order chi connectivity index (χ0) is 11.1. The van der Waals surface area contributed by atoms with Crippen LogP contribution in [-0.2, 0) is 6.42 Å². The Kier molecular flexibility index (Phi) is 2.28. The molecule has 0 unspecified atom stereocenters. The molecule has 1 fully saturated rings. The molecule has 0 atom stereocenters. The second-order valence-corrected chi connectivity index (χ2v) is 3.70. The average molecular weight is 217 g/mol. The number of halogens is 3. The number of nitrogens with zero attached hydrogens (tertiary/aromatic N) is 2. The van der Waals surface area contributed by atoms with Crippen LogP contribution in [0.1, 0.15) is 30.3 Å². The summed E-state index contributed by atoms with van der Waals surface area (Å²) in [5.41, 5.74) is 6.07. The molecule has 0 amide bonds. The molecule has 1 saturated carbocycles. The maximum atomic E-state index is 12.1. The van der Waals surface area contributed by atoms with Gasteiger partial charge in [0.1, 0.15) is 18.1 Å². The molecule has 1 aromatic rings. The van der Waals surface area contributed by atoms with Crippen molar-refractivity contribution in [2.45, 2.75) is 31.4 Å². The smallest absolute Gasteiger partial charge is 0.384 e. The topological polar surface area (TPSA) is 51.8 Å². The summed E-state index contributed by atoms with van der Waals surface area (Å²) in [5, 5.41) is 0. The Morgan fingerprint density at radius 3 is 2.53 bits per heavy atom. The number of alkyl halides is 3. The molecule has 1 aliphatic carbocycles. The molecule has 0 bridgehead atoms. The summed E-state index contributed by atoms with van der Waals surface area (Å²) in [4.78, 5) is 7.45. The molecule has 2 rings (SSSR count). The SMILES string of the molecule is Nc1cc(C2CC2)nc(CC(F)(F)F)n1. The molecule has 0 radical (unpaired) electrons. The van der Waals surface area contributed by atoms with Gasteiger partial charge in [-0.15, -0.1) is 0 Å². The lowest BCUT2D eigenvalue weighted by atomic mass is 10.2. The van der Waals surface area contributed by atoms with Crippen molar-refractivity contribution in [2.75, 3.05) is 5.73 Å². The van der Waals surface area contributed by atoms with Crippen molar-refractivity contribution in [3.05, 3.63) is 17.6 Å². The highest BCUT2D eigenvalue weighted by Gasteiger charge is 2.31. The monoisotopic (exact) mass is 217 g/mol. The van der Waals surface area contributed by atoms with Crippen molar-refractivity contribution >= 4 is 5.82 Å². The van der Waals surface area contributed by atoms with Gasteiger partial charge in [0.15, 0.2) is 0 Å². The number of nitrogens with two attached hydrogens (primary N) is 1. The predicted molar refractivity (Wildman–Crippen MR) is 48.2 cm³/mol. The Morgan fingerprint density at radius 2 is 2.00 bits per heavy atom. The normalized spacial score (nSPS) is 16.7. The van der Waals surface area contributed by atoms with E-state index in [2.05, 4.69) is 9.97 Å². The molecule has 2 N–H and O–H groups in total. The van der Waals surface area contributed by atoms with Crippen molar-refractivity contribution in [2.24, 2.45) is 0 Å². The third-order valence-electron chi connectivity index (χ3n) is 2.17. The highest BCUT2D eigenvalue weighted by Crippen LogP contribution is 2.39. The van der Waals surface area contributed by atoms with Crippen LogP contribution in [0.15, 0.2) is 6.07 Å². The Bertz CT molecular complexity index is 371. The first-order valence-electron chi connectivity index (χ1n) is 4.64. The minimum atomic E-state index is -4.28. The van der Waals surface area contributed by atoms with E-state index < -0.39 is 12.6 Å². The summed E-state index contributed by atoms with van der Waals surface area (Å²) in [6.07, 6.45) is -3.45. The highest BCUT2D eigenvalue weighted by molar-refractivity contribution is 5.32. The summed E-state index contributed by atoms with van der Waals surface area (Å²) in [7, 11) is 0. The third kappa shape index (κ3) is 2.81. The van der Waals surface area contributed by atoms with Gasteiger partial charge in [-0.3, -0.25) is 0 Å². The van der Waals surface area contributed by atoms with E-state index in [0.717, 1.165) is 12.8 Å². The van der Waals surface area contributed by atoms with Crippen LogP contribution in [0.25, 0.3) is 0 Å². The van der Waals surface area contributed by atoms with Crippen LogP contribution in [-0.4, -0.2) is 16.1 Å². The maximum Gasteiger partial charge on any atom is 0.396 e. The van der Waals surface area contributed by atoms with E-state index in [1.807, 2.05) is 0 Å². The van der Waals surface area contributed by atoms with E-state index in [1.54, 1.807) is 6.07 Å². The fraction of sp³-hybridized carbons (Fsp3) is 0.556. The molecule has 15 heavy (non-hydrogen) atoms. The third-order valence-corrected chi connectivity index (χ3v) is 2.17. The van der Waals surface area contributed by atoms with Crippen LogP contribution in [0, 0.1) is 0 Å². The van der Waals surface area contributed by atoms with Crippen LogP contribution < -0.4 is 5.73 Å². The van der Waals surface area contributed by atoms with Gasteiger partial charge in [-0.25, -0.2) is 9.97 Å².